The number of carbonyl (C=O) groups is 1. The zero-order valence-electron chi connectivity index (χ0n) is 16.3. The smallest absolute Gasteiger partial charge is 0.148 e. The van der Waals surface area contributed by atoms with Gasteiger partial charge in [-0.2, -0.15) is 0 Å². The van der Waals surface area contributed by atoms with Crippen LogP contribution in [0.1, 0.15) is 90.9 Å². The van der Waals surface area contributed by atoms with Gasteiger partial charge in [0.15, 0.2) is 0 Å². The largest absolute Gasteiger partial charge is 0.364 e. The molecule has 0 aromatic heterocycles. The van der Waals surface area contributed by atoms with Crippen molar-refractivity contribution in [2.24, 2.45) is 34.5 Å². The van der Waals surface area contributed by atoms with Crippen molar-refractivity contribution in [1.82, 2.24) is 0 Å². The number of hydrogen-bond donors (Lipinski definition) is 0. The van der Waals surface area contributed by atoms with Gasteiger partial charge in [0.1, 0.15) is 12.4 Å². The van der Waals surface area contributed by atoms with Gasteiger partial charge in [-0.3, -0.25) is 0 Å². The minimum absolute atomic E-state index is 0.0547. The van der Waals surface area contributed by atoms with Crippen LogP contribution in [0.5, 0.6) is 0 Å². The summed E-state index contributed by atoms with van der Waals surface area (Å²) in [6.07, 6.45) is 17.1. The number of carbonyl (C=O) groups excluding carboxylic acids is 1. The van der Waals surface area contributed by atoms with Gasteiger partial charge in [0.25, 0.3) is 0 Å². The molecule has 0 unspecified atom stereocenters. The lowest BCUT2D eigenvalue weighted by Crippen LogP contribution is -2.55. The fourth-order valence-electron chi connectivity index (χ4n) is 8.58. The van der Waals surface area contributed by atoms with E-state index in [4.69, 9.17) is 4.74 Å². The molecule has 5 fully saturated rings. The maximum Gasteiger partial charge on any atom is 0.148 e. The summed E-state index contributed by atoms with van der Waals surface area (Å²) in [5.74, 6) is 3.81. The van der Waals surface area contributed by atoms with E-state index in [0.717, 1.165) is 42.8 Å². The highest BCUT2D eigenvalue weighted by molar-refractivity contribution is 5.56. The lowest BCUT2D eigenvalue weighted by atomic mass is 9.44. The van der Waals surface area contributed by atoms with Crippen LogP contribution in [0.3, 0.4) is 0 Å². The van der Waals surface area contributed by atoms with E-state index >= 15 is 0 Å². The predicted molar refractivity (Wildman–Crippen MR) is 99.2 cm³/mol. The Balaban J connectivity index is 1.37. The summed E-state index contributed by atoms with van der Waals surface area (Å²) in [5.41, 5.74) is 1.27. The van der Waals surface area contributed by atoms with E-state index in [2.05, 4.69) is 13.8 Å². The lowest BCUT2D eigenvalue weighted by molar-refractivity contribution is -0.162. The van der Waals surface area contributed by atoms with E-state index in [-0.39, 0.29) is 11.7 Å². The summed E-state index contributed by atoms with van der Waals surface area (Å²) < 4.78 is 6.29. The molecule has 0 bridgehead atoms. The van der Waals surface area contributed by atoms with Crippen molar-refractivity contribution >= 4 is 6.29 Å². The fourth-order valence-corrected chi connectivity index (χ4v) is 8.58. The van der Waals surface area contributed by atoms with Crippen molar-refractivity contribution in [3.63, 3.8) is 0 Å². The molecule has 1 spiro atoms. The third kappa shape index (κ3) is 2.35. The Labute approximate surface area is 153 Å². The van der Waals surface area contributed by atoms with Crippen molar-refractivity contribution in [2.45, 2.75) is 103 Å². The van der Waals surface area contributed by atoms with Gasteiger partial charge < -0.3 is 9.53 Å². The van der Waals surface area contributed by atoms with Crippen LogP contribution < -0.4 is 0 Å². The summed E-state index contributed by atoms with van der Waals surface area (Å²) >= 11 is 0. The van der Waals surface area contributed by atoms with Crippen LogP contribution in [0.2, 0.25) is 0 Å². The van der Waals surface area contributed by atoms with E-state index < -0.39 is 0 Å². The molecule has 0 N–H and O–H groups in total. The average molecular weight is 345 g/mol. The van der Waals surface area contributed by atoms with E-state index in [9.17, 15) is 4.79 Å². The second-order valence-electron chi connectivity index (χ2n) is 11.0. The molecule has 4 saturated carbocycles. The van der Waals surface area contributed by atoms with Crippen molar-refractivity contribution < 1.29 is 9.53 Å². The van der Waals surface area contributed by atoms with Crippen molar-refractivity contribution in [3.05, 3.63) is 0 Å². The van der Waals surface area contributed by atoms with Gasteiger partial charge in [0, 0.05) is 0 Å². The van der Waals surface area contributed by atoms with Crippen LogP contribution in [-0.2, 0) is 9.53 Å². The summed E-state index contributed by atoms with van der Waals surface area (Å²) in [6.45, 7) is 5.25. The molecule has 25 heavy (non-hydrogen) atoms. The Kier molecular flexibility index (Phi) is 3.74. The lowest BCUT2D eigenvalue weighted by Gasteiger charge is -2.61. The third-order valence-electron chi connectivity index (χ3n) is 10.0. The zero-order valence-corrected chi connectivity index (χ0v) is 16.3. The minimum atomic E-state index is -0.116. The van der Waals surface area contributed by atoms with Gasteiger partial charge >= 0.3 is 0 Å². The van der Waals surface area contributed by atoms with Crippen LogP contribution in [0.15, 0.2) is 0 Å². The van der Waals surface area contributed by atoms with Gasteiger partial charge in [0.2, 0.25) is 0 Å². The SMILES string of the molecule is C[C@@]12CCC[C@H]1[C@@H]1CC[C@H]3C[C@@]4(CC[C@@H](C=O)O4)CC[C@]3(C)[C@H]1CC2. The third-order valence-corrected chi connectivity index (χ3v) is 10.0. The van der Waals surface area contributed by atoms with E-state index in [1.54, 1.807) is 0 Å². The molecule has 0 aromatic rings. The number of aldehydes is 1. The topological polar surface area (TPSA) is 26.3 Å². The molecule has 140 valence electrons. The molecule has 5 aliphatic rings. The molecule has 0 amide bonds. The molecule has 1 heterocycles. The Morgan fingerprint density at radius 3 is 2.56 bits per heavy atom. The first-order valence-electron chi connectivity index (χ1n) is 11.1. The maximum atomic E-state index is 11.2. The molecular formula is C23H36O2. The molecule has 2 nitrogen and oxygen atoms in total. The first-order valence-corrected chi connectivity index (χ1v) is 11.1. The zero-order chi connectivity index (χ0) is 17.3. The monoisotopic (exact) mass is 344 g/mol. The minimum Gasteiger partial charge on any atom is -0.364 e. The van der Waals surface area contributed by atoms with Crippen LogP contribution >= 0.6 is 0 Å². The second kappa shape index (κ2) is 5.57. The first kappa shape index (κ1) is 16.8. The number of hydrogen-bond acceptors (Lipinski definition) is 2. The molecule has 0 aromatic carbocycles. The normalized spacial score (nSPS) is 57.8. The van der Waals surface area contributed by atoms with Crippen LogP contribution in [0.4, 0.5) is 0 Å². The molecule has 0 radical (unpaired) electrons. The molecule has 5 rings (SSSR count). The Bertz CT molecular complexity index is 558. The molecule has 1 aliphatic heterocycles. The van der Waals surface area contributed by atoms with E-state index in [0.29, 0.717) is 10.8 Å². The summed E-state index contributed by atoms with van der Waals surface area (Å²) in [5, 5.41) is 0. The van der Waals surface area contributed by atoms with Crippen LogP contribution in [0, 0.1) is 34.5 Å². The summed E-state index contributed by atoms with van der Waals surface area (Å²) in [4.78, 5) is 11.2. The Morgan fingerprint density at radius 1 is 0.880 bits per heavy atom. The molecule has 2 heteroatoms. The van der Waals surface area contributed by atoms with Gasteiger partial charge in [-0.05, 0) is 105 Å². The van der Waals surface area contributed by atoms with E-state index in [1.807, 2.05) is 0 Å². The Morgan fingerprint density at radius 2 is 1.76 bits per heavy atom. The van der Waals surface area contributed by atoms with E-state index in [1.165, 1.54) is 64.2 Å². The molecule has 8 atom stereocenters. The second-order valence-corrected chi connectivity index (χ2v) is 11.0. The van der Waals surface area contributed by atoms with Gasteiger partial charge in [-0.15, -0.1) is 0 Å². The first-order chi connectivity index (χ1) is 12.0. The maximum absolute atomic E-state index is 11.2. The molecule has 4 aliphatic carbocycles. The molecular weight excluding hydrogens is 308 g/mol. The van der Waals surface area contributed by atoms with Crippen LogP contribution in [0.25, 0.3) is 0 Å². The highest BCUT2D eigenvalue weighted by Crippen LogP contribution is 2.67. The highest BCUT2D eigenvalue weighted by Gasteiger charge is 2.60. The van der Waals surface area contributed by atoms with Gasteiger partial charge in [-0.25, -0.2) is 0 Å². The molecule has 1 saturated heterocycles. The van der Waals surface area contributed by atoms with Crippen LogP contribution in [-0.4, -0.2) is 18.0 Å². The Hall–Kier alpha value is -0.370. The van der Waals surface area contributed by atoms with Crippen molar-refractivity contribution in [2.75, 3.05) is 0 Å². The predicted octanol–water partition coefficient (Wildman–Crippen LogP) is 5.54. The number of rotatable bonds is 1. The highest BCUT2D eigenvalue weighted by atomic mass is 16.5. The summed E-state index contributed by atoms with van der Waals surface area (Å²) in [7, 11) is 0. The average Bonchev–Trinajstić information content (AvgIpc) is 3.19. The summed E-state index contributed by atoms with van der Waals surface area (Å²) in [6, 6.07) is 0. The quantitative estimate of drug-likeness (QED) is 0.584. The van der Waals surface area contributed by atoms with Crippen molar-refractivity contribution in [1.29, 1.82) is 0 Å². The van der Waals surface area contributed by atoms with Gasteiger partial charge in [0.05, 0.1) is 5.60 Å². The number of fused-ring (bicyclic) bond motifs is 5. The van der Waals surface area contributed by atoms with Gasteiger partial charge in [-0.1, -0.05) is 20.3 Å². The number of ether oxygens (including phenoxy) is 1. The fraction of sp³-hybridized carbons (Fsp3) is 0.957. The standard InChI is InChI=1S/C23H36O2/c1-21-9-3-4-19(21)18-6-5-16-14-23(11-7-17(15-24)25-23)13-12-22(16,2)20(18)8-10-21/h15-20H,3-14H2,1-2H3/t16-,17-,18-,19-,20-,21-,22-,23+/m0/s1. The van der Waals surface area contributed by atoms with Crippen molar-refractivity contribution in [3.8, 4) is 0 Å².